The molecule has 2 aromatic rings. The van der Waals surface area contributed by atoms with Crippen LogP contribution in [0.2, 0.25) is 5.15 Å². The molecule has 0 aliphatic rings. The van der Waals surface area contributed by atoms with Gasteiger partial charge in [-0.15, -0.1) is 0 Å². The number of aromatic carboxylic acids is 1. The summed E-state index contributed by atoms with van der Waals surface area (Å²) in [5.74, 6) is -1.05. The lowest BCUT2D eigenvalue weighted by atomic mass is 10.1. The summed E-state index contributed by atoms with van der Waals surface area (Å²) in [6.45, 7) is 0.117. The number of urea groups is 1. The smallest absolute Gasteiger partial charge is 0.335 e. The molecular formula is C13H11ClN4O4S. The lowest BCUT2D eigenvalue weighted by molar-refractivity contribution is 0.0696. The Labute approximate surface area is 138 Å². The molecule has 0 fully saturated rings. The number of benzene rings is 1. The highest BCUT2D eigenvalue weighted by Gasteiger charge is 2.13. The first kappa shape index (κ1) is 16.7. The maximum Gasteiger partial charge on any atom is 0.335 e. The Kier molecular flexibility index (Phi) is 5.14. The van der Waals surface area contributed by atoms with Gasteiger partial charge in [-0.1, -0.05) is 35.1 Å². The predicted molar refractivity (Wildman–Crippen MR) is 86.4 cm³/mol. The number of thiazole rings is 1. The van der Waals surface area contributed by atoms with E-state index in [-0.39, 0.29) is 22.1 Å². The summed E-state index contributed by atoms with van der Waals surface area (Å²) in [4.78, 5) is 33.5. The summed E-state index contributed by atoms with van der Waals surface area (Å²) in [5, 5.41) is 12.7. The van der Waals surface area contributed by atoms with E-state index < -0.39 is 12.0 Å². The van der Waals surface area contributed by atoms with Gasteiger partial charge >= 0.3 is 16.9 Å². The molecule has 0 aliphatic carbocycles. The fraction of sp³-hybridized carbons (Fsp3) is 0.0769. The van der Waals surface area contributed by atoms with Crippen molar-refractivity contribution in [2.45, 2.75) is 6.54 Å². The van der Waals surface area contributed by atoms with Crippen molar-refractivity contribution in [3.05, 3.63) is 55.1 Å². The van der Waals surface area contributed by atoms with E-state index in [0.29, 0.717) is 10.4 Å². The number of carboxylic acid groups (broad SMARTS) is 1. The molecule has 0 unspecified atom stereocenters. The second-order valence-electron chi connectivity index (χ2n) is 4.35. The first-order valence-corrected chi connectivity index (χ1v) is 7.38. The minimum absolute atomic E-state index is 0.117. The second-order valence-corrected chi connectivity index (χ2v) is 5.70. The van der Waals surface area contributed by atoms with Crippen molar-refractivity contribution in [1.29, 1.82) is 0 Å². The highest BCUT2D eigenvalue weighted by atomic mass is 35.5. The number of halogens is 1. The number of primary amides is 1. The number of aromatic nitrogens is 1. The van der Waals surface area contributed by atoms with Gasteiger partial charge in [0, 0.05) is 0 Å². The second kappa shape index (κ2) is 7.07. The number of amides is 2. The number of nitrogens with two attached hydrogens (primary N) is 1. The van der Waals surface area contributed by atoms with E-state index in [0.717, 1.165) is 11.3 Å². The Morgan fingerprint density at radius 3 is 2.87 bits per heavy atom. The molecule has 0 aliphatic heterocycles. The largest absolute Gasteiger partial charge is 0.478 e. The zero-order chi connectivity index (χ0) is 17.0. The molecule has 0 saturated heterocycles. The number of hydrazone groups is 1. The molecule has 2 amide bonds. The number of nitrogens with one attached hydrogen (secondary N) is 1. The Morgan fingerprint density at radius 2 is 2.22 bits per heavy atom. The molecule has 10 heteroatoms. The highest BCUT2D eigenvalue weighted by molar-refractivity contribution is 7.11. The van der Waals surface area contributed by atoms with Crippen molar-refractivity contribution in [2.75, 3.05) is 0 Å². The number of carboxylic acids is 1. The third kappa shape index (κ3) is 4.18. The van der Waals surface area contributed by atoms with Gasteiger partial charge in [0.2, 0.25) is 0 Å². The maximum atomic E-state index is 12.0. The zero-order valence-corrected chi connectivity index (χ0v) is 13.1. The van der Waals surface area contributed by atoms with Gasteiger partial charge in [0.15, 0.2) is 0 Å². The van der Waals surface area contributed by atoms with Crippen molar-refractivity contribution >= 4 is 41.2 Å². The van der Waals surface area contributed by atoms with Gasteiger partial charge in [0.25, 0.3) is 0 Å². The molecule has 8 nitrogen and oxygen atoms in total. The van der Waals surface area contributed by atoms with Crippen molar-refractivity contribution in [2.24, 2.45) is 10.8 Å². The molecular weight excluding hydrogens is 344 g/mol. The van der Waals surface area contributed by atoms with Gasteiger partial charge < -0.3 is 10.8 Å². The molecule has 1 aromatic heterocycles. The van der Waals surface area contributed by atoms with Crippen molar-refractivity contribution in [3.8, 4) is 0 Å². The summed E-state index contributed by atoms with van der Waals surface area (Å²) in [7, 11) is 0. The fourth-order valence-corrected chi connectivity index (χ4v) is 2.86. The fourth-order valence-electron chi connectivity index (χ4n) is 1.76. The van der Waals surface area contributed by atoms with Gasteiger partial charge in [-0.2, -0.15) is 5.10 Å². The summed E-state index contributed by atoms with van der Waals surface area (Å²) >= 11 is 6.96. The van der Waals surface area contributed by atoms with Gasteiger partial charge in [-0.3, -0.25) is 9.36 Å². The van der Waals surface area contributed by atoms with Crippen LogP contribution in [0, 0.1) is 0 Å². The molecule has 0 radical (unpaired) electrons. The Morgan fingerprint density at radius 1 is 1.48 bits per heavy atom. The van der Waals surface area contributed by atoms with E-state index in [2.05, 4.69) is 5.10 Å². The molecule has 23 heavy (non-hydrogen) atoms. The van der Waals surface area contributed by atoms with Crippen LogP contribution in [0.25, 0.3) is 0 Å². The van der Waals surface area contributed by atoms with Crippen molar-refractivity contribution in [3.63, 3.8) is 0 Å². The monoisotopic (exact) mass is 354 g/mol. The van der Waals surface area contributed by atoms with Crippen LogP contribution in [-0.4, -0.2) is 27.9 Å². The predicted octanol–water partition coefficient (Wildman–Crippen LogP) is 1.31. The minimum atomic E-state index is -1.05. The lowest BCUT2D eigenvalue weighted by Crippen LogP contribution is -2.24. The van der Waals surface area contributed by atoms with Crippen LogP contribution in [0.4, 0.5) is 4.79 Å². The van der Waals surface area contributed by atoms with E-state index in [9.17, 15) is 14.4 Å². The number of carbonyl (C=O) groups is 2. The van der Waals surface area contributed by atoms with Gasteiger partial charge in [-0.05, 0) is 17.7 Å². The lowest BCUT2D eigenvalue weighted by Gasteiger charge is -2.05. The Balaban J connectivity index is 2.27. The van der Waals surface area contributed by atoms with Gasteiger partial charge in [0.05, 0.1) is 23.2 Å². The van der Waals surface area contributed by atoms with Crippen LogP contribution in [0.5, 0.6) is 0 Å². The van der Waals surface area contributed by atoms with Crippen LogP contribution in [0.1, 0.15) is 20.8 Å². The summed E-state index contributed by atoms with van der Waals surface area (Å²) < 4.78 is 1.28. The van der Waals surface area contributed by atoms with Gasteiger partial charge in [-0.25, -0.2) is 15.0 Å². The number of hydrogen-bond donors (Lipinski definition) is 3. The SMILES string of the molecule is NC(=O)N/N=C/c1sc(=O)n(Cc2cccc(C(=O)O)c2)c1Cl. The Hall–Kier alpha value is -2.65. The third-order valence-corrected chi connectivity index (χ3v) is 4.16. The van der Waals surface area contributed by atoms with Crippen LogP contribution < -0.4 is 16.0 Å². The zero-order valence-electron chi connectivity index (χ0n) is 11.5. The molecule has 0 saturated carbocycles. The van der Waals surface area contributed by atoms with Gasteiger partial charge in [0.1, 0.15) is 5.15 Å². The average Bonchev–Trinajstić information content (AvgIpc) is 2.75. The topological polar surface area (TPSA) is 127 Å². The van der Waals surface area contributed by atoms with E-state index in [4.69, 9.17) is 22.4 Å². The summed E-state index contributed by atoms with van der Waals surface area (Å²) in [5.41, 5.74) is 7.60. The van der Waals surface area contributed by atoms with Crippen molar-refractivity contribution in [1.82, 2.24) is 9.99 Å². The molecule has 1 heterocycles. The molecule has 0 atom stereocenters. The van der Waals surface area contributed by atoms with Crippen LogP contribution in [0.3, 0.4) is 0 Å². The number of nitrogens with zero attached hydrogens (tertiary/aromatic N) is 2. The number of carbonyl (C=O) groups excluding carboxylic acids is 1. The standard InChI is InChI=1S/C13H11ClN4O4S/c14-10-9(5-16-17-12(15)21)23-13(22)18(10)6-7-2-1-3-8(4-7)11(19)20/h1-5H,6H2,(H,19,20)(H3,15,17,21)/b16-5+. The van der Waals surface area contributed by atoms with Crippen LogP contribution >= 0.6 is 22.9 Å². The van der Waals surface area contributed by atoms with Crippen molar-refractivity contribution < 1.29 is 14.7 Å². The first-order valence-electron chi connectivity index (χ1n) is 6.18. The summed E-state index contributed by atoms with van der Waals surface area (Å²) in [6, 6.07) is 5.36. The quantitative estimate of drug-likeness (QED) is 0.552. The van der Waals surface area contributed by atoms with Crippen LogP contribution in [-0.2, 0) is 6.54 Å². The highest BCUT2D eigenvalue weighted by Crippen LogP contribution is 2.18. The number of rotatable bonds is 5. The van der Waals surface area contributed by atoms with E-state index in [1.807, 2.05) is 5.43 Å². The van der Waals surface area contributed by atoms with E-state index in [1.54, 1.807) is 12.1 Å². The van der Waals surface area contributed by atoms with Crippen LogP contribution in [0.15, 0.2) is 34.2 Å². The molecule has 4 N–H and O–H groups in total. The molecule has 0 bridgehead atoms. The average molecular weight is 355 g/mol. The van der Waals surface area contributed by atoms with E-state index in [1.165, 1.54) is 22.9 Å². The first-order chi connectivity index (χ1) is 10.9. The molecule has 1 aromatic carbocycles. The molecule has 0 spiro atoms. The maximum absolute atomic E-state index is 12.0. The molecule has 2 rings (SSSR count). The Bertz CT molecular complexity index is 843. The summed E-state index contributed by atoms with van der Waals surface area (Å²) in [6.07, 6.45) is 1.21. The third-order valence-electron chi connectivity index (χ3n) is 2.73. The van der Waals surface area contributed by atoms with E-state index >= 15 is 0 Å². The minimum Gasteiger partial charge on any atom is -0.478 e. The normalized spacial score (nSPS) is 10.8. The molecule has 120 valence electrons. The number of hydrogen-bond acceptors (Lipinski definition) is 5.